The van der Waals surface area contributed by atoms with Crippen molar-refractivity contribution in [3.05, 3.63) is 78.4 Å². The molecule has 1 N–H and O–H groups in total. The van der Waals surface area contributed by atoms with Crippen molar-refractivity contribution in [2.75, 3.05) is 6.54 Å². The Morgan fingerprint density at radius 2 is 1.96 bits per heavy atom. The predicted molar refractivity (Wildman–Crippen MR) is 109 cm³/mol. The summed E-state index contributed by atoms with van der Waals surface area (Å²) in [5.74, 6) is -0.0887. The Morgan fingerprint density at radius 3 is 2.71 bits per heavy atom. The largest absolute Gasteiger partial charge is 0.352 e. The summed E-state index contributed by atoms with van der Waals surface area (Å²) in [6.07, 6.45) is 6.39. The maximum Gasteiger partial charge on any atom is 0.253 e. The molecule has 4 aromatic rings. The van der Waals surface area contributed by atoms with Gasteiger partial charge in [0.05, 0.1) is 16.8 Å². The molecule has 0 aliphatic carbocycles. The summed E-state index contributed by atoms with van der Waals surface area (Å²) >= 11 is 0. The number of hydrogen-bond acceptors (Lipinski definition) is 3. The molecular weight excluding hydrogens is 350 g/mol. The quantitative estimate of drug-likeness (QED) is 0.560. The summed E-state index contributed by atoms with van der Waals surface area (Å²) < 4.78 is 3.94. The van der Waals surface area contributed by atoms with Crippen LogP contribution in [0.4, 0.5) is 0 Å². The van der Waals surface area contributed by atoms with E-state index in [1.807, 2.05) is 70.0 Å². The van der Waals surface area contributed by atoms with Crippen LogP contribution in [-0.2, 0) is 6.42 Å². The van der Waals surface area contributed by atoms with Crippen molar-refractivity contribution in [3.8, 4) is 11.4 Å². The number of carbonyl (C=O) groups is 1. The molecule has 0 fully saturated rings. The molecule has 0 bridgehead atoms. The second-order valence-corrected chi connectivity index (χ2v) is 7.00. The average molecular weight is 373 g/mol. The van der Waals surface area contributed by atoms with Crippen LogP contribution < -0.4 is 5.32 Å². The van der Waals surface area contributed by atoms with E-state index in [9.17, 15) is 4.79 Å². The number of fused-ring (bicyclic) bond motifs is 1. The second-order valence-electron chi connectivity index (χ2n) is 7.00. The highest BCUT2D eigenvalue weighted by Gasteiger charge is 2.17. The number of nitrogens with zero attached hydrogens (tertiary/aromatic N) is 4. The summed E-state index contributed by atoms with van der Waals surface area (Å²) in [5, 5.41) is 7.67. The first-order chi connectivity index (χ1) is 13.6. The number of amides is 1. The third-order valence-electron chi connectivity index (χ3n) is 4.71. The molecule has 0 aliphatic rings. The lowest BCUT2D eigenvalue weighted by Gasteiger charge is -2.04. The third kappa shape index (κ3) is 3.53. The van der Waals surface area contributed by atoms with Crippen LogP contribution in [0.3, 0.4) is 0 Å². The summed E-state index contributed by atoms with van der Waals surface area (Å²) in [5.41, 5.74) is 4.24. The minimum atomic E-state index is -0.0887. The van der Waals surface area contributed by atoms with Crippen molar-refractivity contribution in [2.24, 2.45) is 0 Å². The van der Waals surface area contributed by atoms with Gasteiger partial charge >= 0.3 is 0 Å². The number of aromatic nitrogens is 4. The molecule has 142 valence electrons. The van der Waals surface area contributed by atoms with Gasteiger partial charge in [0.2, 0.25) is 0 Å². The van der Waals surface area contributed by atoms with Crippen LogP contribution in [0.15, 0.2) is 67.1 Å². The summed E-state index contributed by atoms with van der Waals surface area (Å²) in [7, 11) is 0. The van der Waals surface area contributed by atoms with Crippen molar-refractivity contribution in [3.63, 3.8) is 0 Å². The van der Waals surface area contributed by atoms with Crippen LogP contribution in [0.25, 0.3) is 16.9 Å². The molecule has 4 heterocycles. The van der Waals surface area contributed by atoms with Crippen molar-refractivity contribution in [1.29, 1.82) is 0 Å². The first kappa shape index (κ1) is 18.0. The molecule has 6 heteroatoms. The highest BCUT2D eigenvalue weighted by molar-refractivity contribution is 6.02. The molecule has 6 nitrogen and oxygen atoms in total. The van der Waals surface area contributed by atoms with Crippen molar-refractivity contribution < 1.29 is 4.79 Å². The fraction of sp³-hybridized carbons (Fsp3) is 0.227. The van der Waals surface area contributed by atoms with E-state index < -0.39 is 0 Å². The van der Waals surface area contributed by atoms with E-state index in [1.165, 1.54) is 0 Å². The Hall–Kier alpha value is -3.41. The first-order valence-electron chi connectivity index (χ1n) is 9.47. The van der Waals surface area contributed by atoms with Gasteiger partial charge in [0.15, 0.2) is 0 Å². The zero-order chi connectivity index (χ0) is 19.5. The second kappa shape index (κ2) is 7.68. The van der Waals surface area contributed by atoms with Gasteiger partial charge in [-0.25, -0.2) is 0 Å². The molecule has 0 spiro atoms. The lowest BCUT2D eigenvalue weighted by molar-refractivity contribution is 0.0956. The van der Waals surface area contributed by atoms with Crippen LogP contribution in [0.2, 0.25) is 0 Å². The molecular formula is C22H23N5O. The Bertz CT molecular complexity index is 1090. The molecule has 0 saturated heterocycles. The molecule has 28 heavy (non-hydrogen) atoms. The number of nitrogens with one attached hydrogen (secondary N) is 1. The summed E-state index contributed by atoms with van der Waals surface area (Å²) in [6, 6.07) is 15.8. The molecule has 4 rings (SSSR count). The van der Waals surface area contributed by atoms with Gasteiger partial charge in [-0.15, -0.1) is 0 Å². The average Bonchev–Trinajstić information content (AvgIpc) is 3.34. The molecule has 0 unspecified atom stereocenters. The molecule has 0 atom stereocenters. The van der Waals surface area contributed by atoms with Crippen LogP contribution in [0.1, 0.15) is 35.9 Å². The highest BCUT2D eigenvalue weighted by Crippen LogP contribution is 2.25. The van der Waals surface area contributed by atoms with Gasteiger partial charge in [-0.05, 0) is 50.2 Å². The van der Waals surface area contributed by atoms with E-state index in [4.69, 9.17) is 0 Å². The maximum atomic E-state index is 12.8. The Balaban J connectivity index is 1.59. The number of carbonyl (C=O) groups excluding carboxylic acids is 1. The van der Waals surface area contributed by atoms with E-state index in [0.717, 1.165) is 22.6 Å². The first-order valence-corrected chi connectivity index (χ1v) is 9.47. The van der Waals surface area contributed by atoms with Gasteiger partial charge in [0.25, 0.3) is 5.91 Å². The van der Waals surface area contributed by atoms with Crippen LogP contribution in [-0.4, -0.2) is 31.6 Å². The van der Waals surface area contributed by atoms with E-state index in [2.05, 4.69) is 29.2 Å². The monoisotopic (exact) mass is 373 g/mol. The van der Waals surface area contributed by atoms with Gasteiger partial charge in [0, 0.05) is 43.3 Å². The normalized spacial score (nSPS) is 11.2. The van der Waals surface area contributed by atoms with Gasteiger partial charge < -0.3 is 9.72 Å². The Labute approximate surface area is 163 Å². The SMILES string of the molecule is CC(C)n1ccc(-c2cc(C(=O)NCCc3ccccn3)c3ccccn23)n1. The molecule has 0 saturated carbocycles. The molecule has 0 aromatic carbocycles. The van der Waals surface area contributed by atoms with Crippen LogP contribution in [0.5, 0.6) is 0 Å². The minimum absolute atomic E-state index is 0.0887. The van der Waals surface area contributed by atoms with Gasteiger partial charge in [-0.3, -0.25) is 14.5 Å². The zero-order valence-corrected chi connectivity index (χ0v) is 16.0. The predicted octanol–water partition coefficient (Wildman–Crippen LogP) is 3.75. The van der Waals surface area contributed by atoms with Gasteiger partial charge in [-0.1, -0.05) is 12.1 Å². The van der Waals surface area contributed by atoms with Gasteiger partial charge in [0.1, 0.15) is 5.69 Å². The van der Waals surface area contributed by atoms with E-state index in [0.29, 0.717) is 18.5 Å². The van der Waals surface area contributed by atoms with E-state index in [1.54, 1.807) is 6.20 Å². The van der Waals surface area contributed by atoms with E-state index in [-0.39, 0.29) is 11.9 Å². The third-order valence-corrected chi connectivity index (χ3v) is 4.71. The fourth-order valence-corrected chi connectivity index (χ4v) is 3.24. The van der Waals surface area contributed by atoms with E-state index >= 15 is 0 Å². The lowest BCUT2D eigenvalue weighted by atomic mass is 10.2. The molecule has 1 amide bonds. The van der Waals surface area contributed by atoms with Crippen molar-refractivity contribution in [2.45, 2.75) is 26.3 Å². The number of rotatable bonds is 6. The van der Waals surface area contributed by atoms with Crippen LogP contribution >= 0.6 is 0 Å². The maximum absolute atomic E-state index is 12.8. The van der Waals surface area contributed by atoms with Crippen LogP contribution in [0, 0.1) is 0 Å². The summed E-state index contributed by atoms with van der Waals surface area (Å²) in [6.45, 7) is 4.72. The number of hydrogen-bond donors (Lipinski definition) is 1. The molecule has 4 aromatic heterocycles. The highest BCUT2D eigenvalue weighted by atomic mass is 16.1. The standard InChI is InChI=1S/C22H23N5O/c1-16(2)27-14-10-19(25-27)21-15-18(20-8-4-6-13-26(20)21)22(28)24-12-9-17-7-3-5-11-23-17/h3-8,10-11,13-16H,9,12H2,1-2H3,(H,24,28). The summed E-state index contributed by atoms with van der Waals surface area (Å²) in [4.78, 5) is 17.1. The van der Waals surface area contributed by atoms with Crippen molar-refractivity contribution >= 4 is 11.4 Å². The Kier molecular flexibility index (Phi) is 4.93. The molecule has 0 radical (unpaired) electrons. The number of pyridine rings is 2. The van der Waals surface area contributed by atoms with Crippen molar-refractivity contribution in [1.82, 2.24) is 24.5 Å². The molecule has 0 aliphatic heterocycles. The van der Waals surface area contributed by atoms with Gasteiger partial charge in [-0.2, -0.15) is 5.10 Å². The topological polar surface area (TPSA) is 64.2 Å². The fourth-order valence-electron chi connectivity index (χ4n) is 3.24. The lowest BCUT2D eigenvalue weighted by Crippen LogP contribution is -2.25. The zero-order valence-electron chi connectivity index (χ0n) is 16.0. The smallest absolute Gasteiger partial charge is 0.253 e. The minimum Gasteiger partial charge on any atom is -0.352 e. The Morgan fingerprint density at radius 1 is 1.11 bits per heavy atom.